The minimum atomic E-state index is -0.598. The Hall–Kier alpha value is -4.93. The highest BCUT2D eigenvalue weighted by Gasteiger charge is 2.22. The van der Waals surface area contributed by atoms with Crippen molar-refractivity contribution in [2.24, 2.45) is 0 Å². The van der Waals surface area contributed by atoms with Crippen LogP contribution in [-0.4, -0.2) is 35.5 Å². The predicted octanol–water partition coefficient (Wildman–Crippen LogP) is 3.78. The Bertz CT molecular complexity index is 1820. The molecule has 2 N–H and O–H groups in total. The number of hydrogen-bond acceptors (Lipinski definition) is 7. The van der Waals surface area contributed by atoms with Crippen molar-refractivity contribution in [3.05, 3.63) is 105 Å². The Morgan fingerprint density at radius 2 is 1.85 bits per heavy atom. The molecule has 1 aromatic carbocycles. The molecule has 5 aromatic rings. The zero-order valence-corrected chi connectivity index (χ0v) is 21.5. The van der Waals surface area contributed by atoms with Crippen molar-refractivity contribution in [1.82, 2.24) is 29.7 Å². The number of aromatic nitrogens is 6. The van der Waals surface area contributed by atoms with Crippen molar-refractivity contribution in [1.29, 1.82) is 0 Å². The Kier molecular flexibility index (Phi) is 6.65. The molecule has 0 unspecified atom stereocenters. The SMILES string of the molecule is CC(C)(C)c1cc(CC(=O)Cc2ccc(Oc3ccnc4[nH]c(=O)cnc34)cc2F)n(-c2cc[nH]c(=O)c2)n1. The maximum atomic E-state index is 15.0. The van der Waals surface area contributed by atoms with Crippen LogP contribution in [0, 0.1) is 5.82 Å². The molecule has 11 heteroatoms. The van der Waals surface area contributed by atoms with Crippen LogP contribution in [-0.2, 0) is 23.1 Å². The van der Waals surface area contributed by atoms with Gasteiger partial charge in [-0.05, 0) is 23.8 Å². The van der Waals surface area contributed by atoms with E-state index in [1.807, 2.05) is 26.8 Å². The maximum absolute atomic E-state index is 15.0. The van der Waals surface area contributed by atoms with Crippen molar-refractivity contribution in [3.63, 3.8) is 0 Å². The smallest absolute Gasteiger partial charge is 0.268 e. The molecule has 198 valence electrons. The van der Waals surface area contributed by atoms with E-state index in [1.165, 1.54) is 30.6 Å². The lowest BCUT2D eigenvalue weighted by molar-refractivity contribution is -0.117. The van der Waals surface area contributed by atoms with Gasteiger partial charge in [0.25, 0.3) is 5.56 Å². The van der Waals surface area contributed by atoms with Crippen LogP contribution >= 0.6 is 0 Å². The standard InChI is InChI=1S/C28H25FN6O4/c1-28(2,3)23-12-18(35(34-23)17-6-8-30-24(37)13-17)11-19(36)10-16-4-5-20(14-21(16)29)39-22-7-9-31-27-26(22)32-15-25(38)33-27/h4-9,12-15H,10-11H2,1-3H3,(H,30,37)(H,31,33,38). The number of hydrogen-bond donors (Lipinski definition) is 2. The van der Waals surface area contributed by atoms with Crippen molar-refractivity contribution in [2.75, 3.05) is 0 Å². The van der Waals surface area contributed by atoms with Gasteiger partial charge in [-0.1, -0.05) is 26.8 Å². The summed E-state index contributed by atoms with van der Waals surface area (Å²) in [6.07, 6.45) is 3.93. The average molecular weight is 529 g/mol. The number of carbonyl (C=O) groups is 1. The Balaban J connectivity index is 1.35. The molecule has 0 atom stereocenters. The first-order chi connectivity index (χ1) is 18.6. The van der Waals surface area contributed by atoms with Crippen LogP contribution in [0.15, 0.2) is 70.6 Å². The fourth-order valence-electron chi connectivity index (χ4n) is 4.05. The van der Waals surface area contributed by atoms with E-state index in [4.69, 9.17) is 4.74 Å². The van der Waals surface area contributed by atoms with Crippen LogP contribution in [0.5, 0.6) is 11.5 Å². The molecule has 0 saturated heterocycles. The topological polar surface area (TPSA) is 136 Å². The molecule has 0 saturated carbocycles. The van der Waals surface area contributed by atoms with Gasteiger partial charge in [0.05, 0.1) is 23.3 Å². The third kappa shape index (κ3) is 5.66. The Morgan fingerprint density at radius 1 is 1.03 bits per heavy atom. The summed E-state index contributed by atoms with van der Waals surface area (Å²) < 4.78 is 22.4. The number of rotatable bonds is 7. The van der Waals surface area contributed by atoms with E-state index in [0.717, 1.165) is 11.9 Å². The highest BCUT2D eigenvalue weighted by atomic mass is 19.1. The fraction of sp³-hybridized carbons (Fsp3) is 0.214. The van der Waals surface area contributed by atoms with Crippen LogP contribution in [0.2, 0.25) is 0 Å². The first-order valence-electron chi connectivity index (χ1n) is 12.2. The van der Waals surface area contributed by atoms with Crippen LogP contribution in [0.4, 0.5) is 4.39 Å². The largest absolute Gasteiger partial charge is 0.455 e. The minimum Gasteiger partial charge on any atom is -0.455 e. The zero-order chi connectivity index (χ0) is 27.7. The second kappa shape index (κ2) is 10.1. The molecule has 0 radical (unpaired) electrons. The van der Waals surface area contributed by atoms with E-state index in [-0.39, 0.29) is 46.6 Å². The number of halogens is 1. The van der Waals surface area contributed by atoms with Gasteiger partial charge in [-0.15, -0.1) is 0 Å². The lowest BCUT2D eigenvalue weighted by atomic mass is 9.92. The fourth-order valence-corrected chi connectivity index (χ4v) is 4.05. The van der Waals surface area contributed by atoms with E-state index in [2.05, 4.69) is 25.0 Å². The molecule has 0 spiro atoms. The number of benzene rings is 1. The molecule has 0 fully saturated rings. The minimum absolute atomic E-state index is 0.000443. The Morgan fingerprint density at radius 3 is 2.59 bits per heavy atom. The number of aromatic amines is 2. The molecule has 0 aliphatic carbocycles. The number of ketones is 1. The molecule has 39 heavy (non-hydrogen) atoms. The molecule has 0 bridgehead atoms. The van der Waals surface area contributed by atoms with E-state index < -0.39 is 11.4 Å². The number of H-pyrrole nitrogens is 2. The third-order valence-electron chi connectivity index (χ3n) is 6.01. The number of nitrogens with zero attached hydrogens (tertiary/aromatic N) is 4. The van der Waals surface area contributed by atoms with Gasteiger partial charge in [0.1, 0.15) is 22.9 Å². The first-order valence-corrected chi connectivity index (χ1v) is 12.2. The number of carbonyl (C=O) groups excluding carboxylic acids is 1. The number of ether oxygens (including phenoxy) is 1. The molecule has 10 nitrogen and oxygen atoms in total. The molecular formula is C28H25FN6O4. The summed E-state index contributed by atoms with van der Waals surface area (Å²) in [7, 11) is 0. The summed E-state index contributed by atoms with van der Waals surface area (Å²) in [5, 5.41) is 4.64. The Labute approximate surface area is 221 Å². The van der Waals surface area contributed by atoms with Gasteiger partial charge >= 0.3 is 0 Å². The summed E-state index contributed by atoms with van der Waals surface area (Å²) in [6.45, 7) is 6.02. The van der Waals surface area contributed by atoms with Gasteiger partial charge in [-0.25, -0.2) is 19.0 Å². The van der Waals surface area contributed by atoms with Crippen molar-refractivity contribution in [3.8, 4) is 17.2 Å². The second-order valence-electron chi connectivity index (χ2n) is 10.1. The van der Waals surface area contributed by atoms with Crippen molar-refractivity contribution < 1.29 is 13.9 Å². The molecular weight excluding hydrogens is 503 g/mol. The number of nitrogens with one attached hydrogen (secondary N) is 2. The molecule has 0 aliphatic heterocycles. The van der Waals surface area contributed by atoms with Gasteiger partial charge in [0.15, 0.2) is 11.4 Å². The third-order valence-corrected chi connectivity index (χ3v) is 6.01. The molecule has 0 amide bonds. The highest BCUT2D eigenvalue weighted by molar-refractivity contribution is 5.83. The molecule has 0 aliphatic rings. The summed E-state index contributed by atoms with van der Waals surface area (Å²) in [6, 6.07) is 10.7. The van der Waals surface area contributed by atoms with Crippen LogP contribution in [0.1, 0.15) is 37.7 Å². The number of fused-ring (bicyclic) bond motifs is 1. The summed E-state index contributed by atoms with van der Waals surface area (Å²) >= 11 is 0. The normalized spacial score (nSPS) is 11.6. The van der Waals surface area contributed by atoms with Crippen LogP contribution < -0.4 is 15.9 Å². The first kappa shape index (κ1) is 25.7. The van der Waals surface area contributed by atoms with E-state index in [1.54, 1.807) is 22.9 Å². The van der Waals surface area contributed by atoms with Crippen molar-refractivity contribution >= 4 is 16.9 Å². The monoisotopic (exact) mass is 528 g/mol. The molecule has 4 aromatic heterocycles. The highest BCUT2D eigenvalue weighted by Crippen LogP contribution is 2.28. The van der Waals surface area contributed by atoms with Gasteiger partial charge in [-0.2, -0.15) is 5.10 Å². The van der Waals surface area contributed by atoms with Gasteiger partial charge < -0.3 is 14.7 Å². The average Bonchev–Trinajstić information content (AvgIpc) is 3.30. The van der Waals surface area contributed by atoms with E-state index >= 15 is 4.39 Å². The summed E-state index contributed by atoms with van der Waals surface area (Å²) in [5.74, 6) is -0.324. The lowest BCUT2D eigenvalue weighted by Crippen LogP contribution is -2.14. The van der Waals surface area contributed by atoms with Crippen LogP contribution in [0.25, 0.3) is 16.9 Å². The quantitative estimate of drug-likeness (QED) is 0.328. The summed E-state index contributed by atoms with van der Waals surface area (Å²) in [4.78, 5) is 49.6. The van der Waals surface area contributed by atoms with Crippen LogP contribution in [0.3, 0.4) is 0 Å². The van der Waals surface area contributed by atoms with E-state index in [0.29, 0.717) is 22.6 Å². The predicted molar refractivity (Wildman–Crippen MR) is 142 cm³/mol. The van der Waals surface area contributed by atoms with E-state index in [9.17, 15) is 14.4 Å². The zero-order valence-electron chi connectivity index (χ0n) is 21.5. The lowest BCUT2D eigenvalue weighted by Gasteiger charge is -2.14. The molecule has 4 heterocycles. The van der Waals surface area contributed by atoms with Gasteiger partial charge in [-0.3, -0.25) is 14.4 Å². The maximum Gasteiger partial charge on any atom is 0.268 e. The van der Waals surface area contributed by atoms with Crippen molar-refractivity contribution in [2.45, 2.75) is 39.0 Å². The summed E-state index contributed by atoms with van der Waals surface area (Å²) in [5.41, 5.74) is 1.72. The number of Topliss-reactive ketones (excluding diaryl/α,β-unsaturated/α-hetero) is 1. The van der Waals surface area contributed by atoms with Gasteiger partial charge in [0, 0.05) is 48.8 Å². The number of pyridine rings is 2. The second-order valence-corrected chi connectivity index (χ2v) is 10.1. The molecule has 5 rings (SSSR count). The van der Waals surface area contributed by atoms with Gasteiger partial charge in [0.2, 0.25) is 5.56 Å².